The molecule has 8 nitrogen and oxygen atoms in total. The van der Waals surface area contributed by atoms with Gasteiger partial charge in [-0.2, -0.15) is 0 Å². The average molecular weight is 511 g/mol. The van der Waals surface area contributed by atoms with Gasteiger partial charge in [-0.1, -0.05) is 12.1 Å². The van der Waals surface area contributed by atoms with Crippen LogP contribution >= 0.6 is 0 Å². The molecule has 4 heterocycles. The Bertz CT molecular complexity index is 1560. The van der Waals surface area contributed by atoms with Crippen molar-refractivity contribution in [2.24, 2.45) is 11.3 Å². The number of aromatic nitrogens is 4. The Morgan fingerprint density at radius 1 is 1.11 bits per heavy atom. The van der Waals surface area contributed by atoms with Gasteiger partial charge in [0.2, 0.25) is 0 Å². The number of anilines is 2. The lowest BCUT2D eigenvalue weighted by Crippen LogP contribution is -2.32. The molecule has 0 radical (unpaired) electrons. The quantitative estimate of drug-likeness (QED) is 0.366. The SMILES string of the molecule is CC1(C)O[C@H]2[C@H](n3ccc4c(N)ncnc43)[C@H]3CC3(CCc3ccc4ccc(NC5CCC5)nc4c3)[C@H]2O1. The molecule has 5 atom stereocenters. The van der Waals surface area contributed by atoms with Gasteiger partial charge in [0.15, 0.2) is 5.79 Å². The number of ether oxygens (including phenoxy) is 2. The van der Waals surface area contributed by atoms with E-state index in [1.807, 2.05) is 19.9 Å². The van der Waals surface area contributed by atoms with Gasteiger partial charge in [-0.15, -0.1) is 0 Å². The predicted octanol–water partition coefficient (Wildman–Crippen LogP) is 5.24. The molecule has 1 aromatic carbocycles. The number of nitrogens with zero attached hydrogens (tertiary/aromatic N) is 4. The van der Waals surface area contributed by atoms with E-state index in [4.69, 9.17) is 20.2 Å². The fraction of sp³-hybridized carbons (Fsp3) is 0.500. The van der Waals surface area contributed by atoms with Crippen LogP contribution in [0.15, 0.2) is 48.9 Å². The van der Waals surface area contributed by atoms with Crippen LogP contribution in [0, 0.1) is 11.3 Å². The van der Waals surface area contributed by atoms with Crippen LogP contribution < -0.4 is 11.1 Å². The maximum absolute atomic E-state index is 6.61. The van der Waals surface area contributed by atoms with E-state index in [0.717, 1.165) is 41.6 Å². The van der Waals surface area contributed by atoms with Crippen molar-refractivity contribution in [3.63, 3.8) is 0 Å². The Balaban J connectivity index is 1.07. The van der Waals surface area contributed by atoms with E-state index in [1.54, 1.807) is 6.33 Å². The third-order valence-corrected chi connectivity index (χ3v) is 9.58. The van der Waals surface area contributed by atoms with Crippen molar-refractivity contribution in [1.82, 2.24) is 19.5 Å². The highest BCUT2D eigenvalue weighted by atomic mass is 16.8. The molecule has 4 aromatic rings. The highest BCUT2D eigenvalue weighted by molar-refractivity contribution is 5.86. The average Bonchev–Trinajstić information content (AvgIpc) is 3.13. The van der Waals surface area contributed by atoms with Crippen LogP contribution in [0.3, 0.4) is 0 Å². The number of pyridine rings is 1. The monoisotopic (exact) mass is 510 g/mol. The first kappa shape index (κ1) is 22.7. The van der Waals surface area contributed by atoms with E-state index >= 15 is 0 Å². The van der Waals surface area contributed by atoms with Crippen molar-refractivity contribution in [1.29, 1.82) is 0 Å². The summed E-state index contributed by atoms with van der Waals surface area (Å²) in [7, 11) is 0. The predicted molar refractivity (Wildman–Crippen MR) is 147 cm³/mol. The van der Waals surface area contributed by atoms with Gasteiger partial charge in [0.25, 0.3) is 0 Å². The molecule has 3 N–H and O–H groups in total. The van der Waals surface area contributed by atoms with Gasteiger partial charge in [0.1, 0.15) is 29.7 Å². The van der Waals surface area contributed by atoms with E-state index in [9.17, 15) is 0 Å². The molecule has 1 aliphatic heterocycles. The number of benzene rings is 1. The first-order valence-corrected chi connectivity index (χ1v) is 14.0. The van der Waals surface area contributed by atoms with Crippen molar-refractivity contribution in [2.45, 2.75) is 82.5 Å². The van der Waals surface area contributed by atoms with Crippen LogP contribution in [-0.2, 0) is 15.9 Å². The molecule has 0 spiro atoms. The smallest absolute Gasteiger partial charge is 0.163 e. The summed E-state index contributed by atoms with van der Waals surface area (Å²) < 4.78 is 15.4. The van der Waals surface area contributed by atoms with Crippen molar-refractivity contribution in [2.75, 3.05) is 11.1 Å². The first-order valence-electron chi connectivity index (χ1n) is 14.0. The summed E-state index contributed by atoms with van der Waals surface area (Å²) in [6.07, 6.45) is 10.7. The van der Waals surface area contributed by atoms with Crippen LogP contribution in [0.1, 0.15) is 57.6 Å². The van der Waals surface area contributed by atoms with E-state index in [-0.39, 0.29) is 23.7 Å². The minimum absolute atomic E-state index is 0.00560. The van der Waals surface area contributed by atoms with Gasteiger partial charge in [-0.25, -0.2) is 15.0 Å². The summed E-state index contributed by atoms with van der Waals surface area (Å²) in [5, 5.41) is 5.67. The molecule has 196 valence electrons. The van der Waals surface area contributed by atoms with Crippen molar-refractivity contribution < 1.29 is 9.47 Å². The zero-order chi connectivity index (χ0) is 25.6. The number of nitrogens with one attached hydrogen (secondary N) is 1. The fourth-order valence-electron chi connectivity index (χ4n) is 7.40. The van der Waals surface area contributed by atoms with Crippen LogP contribution in [0.25, 0.3) is 21.9 Å². The minimum Gasteiger partial charge on any atom is -0.383 e. The number of fused-ring (bicyclic) bond motifs is 5. The van der Waals surface area contributed by atoms with Crippen LogP contribution in [-0.4, -0.2) is 43.6 Å². The minimum atomic E-state index is -0.595. The zero-order valence-corrected chi connectivity index (χ0v) is 21.9. The molecule has 1 saturated heterocycles. The first-order chi connectivity index (χ1) is 18.4. The molecule has 8 rings (SSSR count). The van der Waals surface area contributed by atoms with E-state index in [1.165, 1.54) is 30.2 Å². The lowest BCUT2D eigenvalue weighted by Gasteiger charge is -2.27. The molecule has 0 bridgehead atoms. The number of hydrogen-bond acceptors (Lipinski definition) is 7. The van der Waals surface area contributed by atoms with E-state index < -0.39 is 5.79 Å². The number of nitrogens with two attached hydrogens (primary N) is 1. The summed E-state index contributed by atoms with van der Waals surface area (Å²) in [4.78, 5) is 13.7. The molecule has 38 heavy (non-hydrogen) atoms. The molecule has 3 aliphatic carbocycles. The normalized spacial score (nSPS) is 31.3. The lowest BCUT2D eigenvalue weighted by atomic mass is 9.91. The van der Waals surface area contributed by atoms with E-state index in [0.29, 0.717) is 17.8 Å². The number of hydrogen-bond donors (Lipinski definition) is 2. The second-order valence-corrected chi connectivity index (χ2v) is 12.3. The fourth-order valence-corrected chi connectivity index (χ4v) is 7.40. The highest BCUT2D eigenvalue weighted by Gasteiger charge is 2.75. The Hall–Kier alpha value is -3.23. The third-order valence-electron chi connectivity index (χ3n) is 9.58. The summed E-state index contributed by atoms with van der Waals surface area (Å²) in [6.45, 7) is 4.07. The Labute approximate surface area is 221 Å². The molecule has 8 heteroatoms. The van der Waals surface area contributed by atoms with Gasteiger partial charge in [0.05, 0.1) is 23.0 Å². The number of aryl methyl sites for hydroxylation is 1. The Morgan fingerprint density at radius 2 is 1.97 bits per heavy atom. The molecule has 4 fully saturated rings. The molecule has 3 saturated carbocycles. The Morgan fingerprint density at radius 3 is 2.82 bits per heavy atom. The standard InChI is InChI=1S/C30H34N6O2/c1-29(2)37-25-24(36-13-11-20-27(31)32-16-33-28(20)36)21-15-30(21,26(25)38-29)12-10-17-6-7-18-8-9-23(35-22(18)14-17)34-19-4-3-5-19/h6-9,11,13-14,16,19,21,24-26H,3-5,10,12,15H2,1-2H3,(H,34,35)(H2,31,32,33)/t21-,24-,25+,26+,30?/m1/s1. The molecule has 4 aliphatic rings. The van der Waals surface area contributed by atoms with Gasteiger partial charge in [-0.05, 0) is 88.1 Å². The summed E-state index contributed by atoms with van der Waals surface area (Å²) in [5.74, 6) is 1.40. The summed E-state index contributed by atoms with van der Waals surface area (Å²) >= 11 is 0. The number of nitrogen functional groups attached to an aromatic ring is 1. The van der Waals surface area contributed by atoms with Crippen molar-refractivity contribution in [3.8, 4) is 0 Å². The second kappa shape index (κ2) is 7.90. The largest absolute Gasteiger partial charge is 0.383 e. The zero-order valence-electron chi connectivity index (χ0n) is 21.9. The molecule has 0 amide bonds. The molecule has 1 unspecified atom stereocenters. The van der Waals surface area contributed by atoms with Crippen LogP contribution in [0.2, 0.25) is 0 Å². The van der Waals surface area contributed by atoms with Gasteiger partial charge >= 0.3 is 0 Å². The van der Waals surface area contributed by atoms with Crippen LogP contribution in [0.5, 0.6) is 0 Å². The van der Waals surface area contributed by atoms with Gasteiger partial charge < -0.3 is 25.1 Å². The van der Waals surface area contributed by atoms with E-state index in [2.05, 4.69) is 56.4 Å². The molecule has 3 aromatic heterocycles. The van der Waals surface area contributed by atoms with Crippen molar-refractivity contribution in [3.05, 3.63) is 54.5 Å². The van der Waals surface area contributed by atoms with Crippen molar-refractivity contribution >= 4 is 33.6 Å². The molecular formula is C30H34N6O2. The van der Waals surface area contributed by atoms with Gasteiger partial charge in [0, 0.05) is 23.0 Å². The summed E-state index contributed by atoms with van der Waals surface area (Å²) in [5.41, 5.74) is 9.53. The highest BCUT2D eigenvalue weighted by Crippen LogP contribution is 2.73. The van der Waals surface area contributed by atoms with Gasteiger partial charge in [-0.3, -0.25) is 0 Å². The second-order valence-electron chi connectivity index (χ2n) is 12.3. The Kier molecular flexibility index (Phi) is 4.72. The third kappa shape index (κ3) is 3.39. The summed E-state index contributed by atoms with van der Waals surface area (Å²) in [6, 6.07) is 13.8. The topological polar surface area (TPSA) is 100 Å². The molecular weight excluding hydrogens is 476 g/mol. The van der Waals surface area contributed by atoms with Crippen LogP contribution in [0.4, 0.5) is 11.6 Å². The maximum Gasteiger partial charge on any atom is 0.163 e. The lowest BCUT2D eigenvalue weighted by molar-refractivity contribution is -0.161. The number of rotatable bonds is 6. The maximum atomic E-state index is 6.61.